The van der Waals surface area contributed by atoms with Gasteiger partial charge in [-0.05, 0) is 63.4 Å². The van der Waals surface area contributed by atoms with E-state index in [-0.39, 0.29) is 16.9 Å². The molecule has 1 amide bonds. The van der Waals surface area contributed by atoms with Gasteiger partial charge in [0, 0.05) is 30.1 Å². The van der Waals surface area contributed by atoms with Crippen molar-refractivity contribution in [1.82, 2.24) is 14.7 Å². The van der Waals surface area contributed by atoms with E-state index in [1.165, 1.54) is 17.3 Å². The summed E-state index contributed by atoms with van der Waals surface area (Å²) in [7, 11) is 0. The summed E-state index contributed by atoms with van der Waals surface area (Å²) < 4.78 is 16.2. The molecule has 1 aliphatic heterocycles. The SMILES string of the molecule is Cc1ccc(F)c(C(=O)N2CC3(CC(c4cc(C)nn4-c4ccccc4C)C3)C2)c1. The van der Waals surface area contributed by atoms with Gasteiger partial charge in [0.05, 0.1) is 16.9 Å². The van der Waals surface area contributed by atoms with E-state index in [2.05, 4.69) is 29.8 Å². The second-order valence-electron chi connectivity index (χ2n) is 9.16. The van der Waals surface area contributed by atoms with Gasteiger partial charge in [-0.3, -0.25) is 4.79 Å². The summed E-state index contributed by atoms with van der Waals surface area (Å²) in [5.74, 6) is -0.180. The lowest BCUT2D eigenvalue weighted by Gasteiger charge is -2.59. The van der Waals surface area contributed by atoms with Crippen molar-refractivity contribution >= 4 is 5.91 Å². The van der Waals surface area contributed by atoms with Crippen LogP contribution < -0.4 is 0 Å². The zero-order valence-corrected chi connectivity index (χ0v) is 17.7. The number of likely N-dealkylation sites (tertiary alicyclic amines) is 1. The predicted octanol–water partition coefficient (Wildman–Crippen LogP) is 4.96. The smallest absolute Gasteiger partial charge is 0.256 e. The molecule has 5 heteroatoms. The first-order chi connectivity index (χ1) is 14.3. The highest BCUT2D eigenvalue weighted by molar-refractivity contribution is 5.95. The standard InChI is InChI=1S/C25H26FN3O/c1-16-8-9-21(26)20(10-16)24(30)28-14-25(15-28)12-19(13-25)23-11-18(3)27-29(23)22-7-5-4-6-17(22)2/h4-11,19H,12-15H2,1-3H3. The van der Waals surface area contributed by atoms with Crippen molar-refractivity contribution in [3.63, 3.8) is 0 Å². The lowest BCUT2D eigenvalue weighted by molar-refractivity contribution is -0.0567. The number of hydrogen-bond donors (Lipinski definition) is 0. The molecular weight excluding hydrogens is 377 g/mol. The van der Waals surface area contributed by atoms with Gasteiger partial charge in [0.15, 0.2) is 0 Å². The molecule has 4 nitrogen and oxygen atoms in total. The molecule has 5 rings (SSSR count). The molecule has 30 heavy (non-hydrogen) atoms. The fourth-order valence-electron chi connectivity index (χ4n) is 5.14. The van der Waals surface area contributed by atoms with Crippen LogP contribution in [-0.2, 0) is 0 Å². The molecule has 0 bridgehead atoms. The molecule has 1 saturated carbocycles. The monoisotopic (exact) mass is 403 g/mol. The van der Waals surface area contributed by atoms with Crippen LogP contribution in [0.3, 0.4) is 0 Å². The molecule has 2 aromatic carbocycles. The molecule has 1 saturated heterocycles. The highest BCUT2D eigenvalue weighted by atomic mass is 19.1. The average Bonchev–Trinajstić information content (AvgIpc) is 3.03. The molecular formula is C25H26FN3O. The zero-order chi connectivity index (χ0) is 21.0. The van der Waals surface area contributed by atoms with Crippen molar-refractivity contribution in [3.05, 3.63) is 82.4 Å². The number of aromatic nitrogens is 2. The number of benzene rings is 2. The van der Waals surface area contributed by atoms with Crippen LogP contribution in [0.4, 0.5) is 4.39 Å². The number of amides is 1. The number of carbonyl (C=O) groups is 1. The summed E-state index contributed by atoms with van der Waals surface area (Å²) in [5, 5.41) is 4.75. The van der Waals surface area contributed by atoms with Crippen molar-refractivity contribution in [2.45, 2.75) is 39.5 Å². The molecule has 2 heterocycles. The van der Waals surface area contributed by atoms with E-state index in [4.69, 9.17) is 5.10 Å². The van der Waals surface area contributed by atoms with Gasteiger partial charge in [-0.15, -0.1) is 0 Å². The summed E-state index contributed by atoms with van der Waals surface area (Å²) in [4.78, 5) is 14.5. The maximum atomic E-state index is 14.1. The Balaban J connectivity index is 1.29. The maximum absolute atomic E-state index is 14.1. The number of carbonyl (C=O) groups excluding carboxylic acids is 1. The molecule has 154 valence electrons. The average molecular weight is 404 g/mol. The van der Waals surface area contributed by atoms with Crippen LogP contribution in [0.25, 0.3) is 5.69 Å². The van der Waals surface area contributed by atoms with E-state index in [0.717, 1.165) is 29.8 Å². The van der Waals surface area contributed by atoms with E-state index in [0.29, 0.717) is 19.0 Å². The minimum absolute atomic E-state index is 0.176. The third kappa shape index (κ3) is 3.04. The topological polar surface area (TPSA) is 38.1 Å². The summed E-state index contributed by atoms with van der Waals surface area (Å²) >= 11 is 0. The first-order valence-electron chi connectivity index (χ1n) is 10.5. The fraction of sp³-hybridized carbons (Fsp3) is 0.360. The van der Waals surface area contributed by atoms with Crippen LogP contribution in [0.1, 0.15) is 51.6 Å². The minimum atomic E-state index is -0.435. The van der Waals surface area contributed by atoms with E-state index in [1.807, 2.05) is 26.0 Å². The van der Waals surface area contributed by atoms with E-state index in [9.17, 15) is 9.18 Å². The number of aryl methyl sites for hydroxylation is 3. The van der Waals surface area contributed by atoms with Crippen molar-refractivity contribution in [1.29, 1.82) is 0 Å². The van der Waals surface area contributed by atoms with Gasteiger partial charge in [-0.25, -0.2) is 9.07 Å². The Kier molecular flexibility index (Phi) is 4.31. The van der Waals surface area contributed by atoms with E-state index in [1.54, 1.807) is 17.0 Å². The second kappa shape index (κ2) is 6.79. The molecule has 2 fully saturated rings. The largest absolute Gasteiger partial charge is 0.337 e. The molecule has 1 aromatic heterocycles. The van der Waals surface area contributed by atoms with E-state index >= 15 is 0 Å². The number of hydrogen-bond acceptors (Lipinski definition) is 2. The Hall–Kier alpha value is -2.95. The van der Waals surface area contributed by atoms with Crippen molar-refractivity contribution in [2.24, 2.45) is 5.41 Å². The van der Waals surface area contributed by atoms with Crippen molar-refractivity contribution in [2.75, 3.05) is 13.1 Å². The van der Waals surface area contributed by atoms with Crippen LogP contribution in [-0.4, -0.2) is 33.7 Å². The van der Waals surface area contributed by atoms with Gasteiger partial charge in [0.25, 0.3) is 5.91 Å². The zero-order valence-electron chi connectivity index (χ0n) is 17.7. The van der Waals surface area contributed by atoms with Crippen LogP contribution in [0, 0.1) is 32.0 Å². The van der Waals surface area contributed by atoms with Crippen LogP contribution in [0.5, 0.6) is 0 Å². The third-order valence-corrected chi connectivity index (χ3v) is 6.67. The molecule has 1 spiro atoms. The van der Waals surface area contributed by atoms with Gasteiger partial charge < -0.3 is 4.90 Å². The van der Waals surface area contributed by atoms with E-state index < -0.39 is 5.82 Å². The molecule has 1 aliphatic carbocycles. The Morgan fingerprint density at radius 2 is 1.80 bits per heavy atom. The van der Waals surface area contributed by atoms with Crippen LogP contribution >= 0.6 is 0 Å². The minimum Gasteiger partial charge on any atom is -0.337 e. The van der Waals surface area contributed by atoms with Crippen LogP contribution in [0.2, 0.25) is 0 Å². The highest BCUT2D eigenvalue weighted by Crippen LogP contribution is 2.56. The normalized spacial score (nSPS) is 17.7. The molecule has 0 unspecified atom stereocenters. The fourth-order valence-corrected chi connectivity index (χ4v) is 5.14. The number of para-hydroxylation sites is 1. The van der Waals surface area contributed by atoms with Gasteiger partial charge in [-0.2, -0.15) is 5.10 Å². The first kappa shape index (κ1) is 19.0. The Morgan fingerprint density at radius 3 is 2.53 bits per heavy atom. The van der Waals surface area contributed by atoms with Gasteiger partial charge in [-0.1, -0.05) is 29.8 Å². The molecule has 3 aromatic rings. The lowest BCUT2D eigenvalue weighted by Crippen LogP contribution is -2.63. The quantitative estimate of drug-likeness (QED) is 0.620. The molecule has 0 radical (unpaired) electrons. The summed E-state index contributed by atoms with van der Waals surface area (Å²) in [6.07, 6.45) is 2.09. The Labute approximate surface area is 176 Å². The van der Waals surface area contributed by atoms with Gasteiger partial charge in [0.2, 0.25) is 0 Å². The molecule has 2 aliphatic rings. The summed E-state index contributed by atoms with van der Waals surface area (Å²) in [6, 6.07) is 15.2. The third-order valence-electron chi connectivity index (χ3n) is 6.67. The molecule has 0 atom stereocenters. The number of rotatable bonds is 3. The van der Waals surface area contributed by atoms with Gasteiger partial charge >= 0.3 is 0 Å². The predicted molar refractivity (Wildman–Crippen MR) is 114 cm³/mol. The lowest BCUT2D eigenvalue weighted by atomic mass is 9.57. The Bertz CT molecular complexity index is 1140. The number of halogens is 1. The highest BCUT2D eigenvalue weighted by Gasteiger charge is 2.54. The van der Waals surface area contributed by atoms with Crippen LogP contribution in [0.15, 0.2) is 48.5 Å². The Morgan fingerprint density at radius 1 is 1.07 bits per heavy atom. The van der Waals surface area contributed by atoms with Crippen molar-refractivity contribution < 1.29 is 9.18 Å². The van der Waals surface area contributed by atoms with Gasteiger partial charge in [0.1, 0.15) is 5.82 Å². The summed E-state index contributed by atoms with van der Waals surface area (Å²) in [5.41, 5.74) is 5.87. The maximum Gasteiger partial charge on any atom is 0.256 e. The molecule has 0 N–H and O–H groups in total. The number of nitrogens with zero attached hydrogens (tertiary/aromatic N) is 3. The second-order valence-corrected chi connectivity index (χ2v) is 9.16. The summed E-state index contributed by atoms with van der Waals surface area (Å²) in [6.45, 7) is 7.45. The van der Waals surface area contributed by atoms with Crippen molar-refractivity contribution in [3.8, 4) is 5.69 Å². The first-order valence-corrected chi connectivity index (χ1v) is 10.5.